The average Bonchev–Trinajstić information content (AvgIpc) is 3.36. The Labute approximate surface area is 220 Å². The van der Waals surface area contributed by atoms with Crippen LogP contribution in [0.3, 0.4) is 0 Å². The van der Waals surface area contributed by atoms with Crippen molar-refractivity contribution >= 4 is 17.6 Å². The molecule has 3 saturated heterocycles. The summed E-state index contributed by atoms with van der Waals surface area (Å²) in [7, 11) is 0. The van der Waals surface area contributed by atoms with E-state index in [0.29, 0.717) is 31.3 Å². The van der Waals surface area contributed by atoms with E-state index in [0.717, 1.165) is 25.7 Å². The van der Waals surface area contributed by atoms with Gasteiger partial charge in [0.25, 0.3) is 0 Å². The summed E-state index contributed by atoms with van der Waals surface area (Å²) >= 11 is 6.14. The highest BCUT2D eigenvalue weighted by Crippen LogP contribution is 2.52. The molecular formula is C26H36ClF3N4O3. The third kappa shape index (κ3) is 5.82. The first-order chi connectivity index (χ1) is 17.7. The Morgan fingerprint density at radius 2 is 1.81 bits per heavy atom. The summed E-state index contributed by atoms with van der Waals surface area (Å²) in [5.74, 6) is 1.06. The number of piperidine rings is 2. The number of carbonyl (C=O) groups is 1. The fourth-order valence-electron chi connectivity index (χ4n) is 6.24. The minimum atomic E-state index is -4.56. The highest BCUT2D eigenvalue weighted by molar-refractivity contribution is 6.20. The molecule has 4 N–H and O–H groups in total. The van der Waals surface area contributed by atoms with Crippen LogP contribution in [0.25, 0.3) is 0 Å². The van der Waals surface area contributed by atoms with Gasteiger partial charge >= 0.3 is 12.2 Å². The summed E-state index contributed by atoms with van der Waals surface area (Å²) in [4.78, 5) is 13.0. The Bertz CT molecular complexity index is 934. The molecule has 2 amide bonds. The van der Waals surface area contributed by atoms with Gasteiger partial charge in [-0.1, -0.05) is 43.9 Å². The minimum absolute atomic E-state index is 0.0290. The molecule has 37 heavy (non-hydrogen) atoms. The summed E-state index contributed by atoms with van der Waals surface area (Å²) in [6.45, 7) is 1.36. The zero-order chi connectivity index (χ0) is 26.0. The van der Waals surface area contributed by atoms with Crippen LogP contribution in [-0.2, 0) is 10.3 Å². The number of urea groups is 1. The zero-order valence-electron chi connectivity index (χ0n) is 20.8. The standard InChI is InChI=1S/C26H36ClF3N4O3/c27-18-9-10-22(31-15-18)34-24(35)33-20-13-17(16-5-1-2-6-16)14-32-23(20)37-21-8-4-3-7-19(21)25(11-12-36-25)26(28,29)30/h3-4,7-8,16-18,20,22-23,31-32H,1-2,5-6,9-15H2,(H2,33,34,35). The monoisotopic (exact) mass is 544 g/mol. The first-order valence-electron chi connectivity index (χ1n) is 13.4. The van der Waals surface area contributed by atoms with Crippen LogP contribution in [0.1, 0.15) is 56.9 Å². The van der Waals surface area contributed by atoms with Gasteiger partial charge in [-0.15, -0.1) is 11.6 Å². The Morgan fingerprint density at radius 1 is 1.05 bits per heavy atom. The van der Waals surface area contributed by atoms with Gasteiger partial charge < -0.3 is 20.1 Å². The SMILES string of the molecule is O=C(NC1CCC(Cl)CN1)NC1CC(C2CCCC2)CNC1Oc1ccccc1C1(C(F)(F)F)CCO1. The van der Waals surface area contributed by atoms with E-state index in [1.54, 1.807) is 18.2 Å². The van der Waals surface area contributed by atoms with Crippen molar-refractivity contribution in [2.24, 2.45) is 11.8 Å². The molecule has 4 fully saturated rings. The van der Waals surface area contributed by atoms with Gasteiger partial charge in [0.2, 0.25) is 0 Å². The normalized spacial score (nSPS) is 35.0. The van der Waals surface area contributed by atoms with Crippen molar-refractivity contribution in [2.75, 3.05) is 19.7 Å². The number of hydrogen-bond acceptors (Lipinski definition) is 5. The molecule has 11 heteroatoms. The molecule has 7 nitrogen and oxygen atoms in total. The smallest absolute Gasteiger partial charge is 0.421 e. The molecule has 206 valence electrons. The van der Waals surface area contributed by atoms with Crippen LogP contribution in [0.2, 0.25) is 0 Å². The molecule has 6 atom stereocenters. The number of hydrogen-bond donors (Lipinski definition) is 4. The molecule has 1 saturated carbocycles. The van der Waals surface area contributed by atoms with Gasteiger partial charge in [-0.2, -0.15) is 13.2 Å². The van der Waals surface area contributed by atoms with Crippen molar-refractivity contribution in [3.8, 4) is 5.75 Å². The van der Waals surface area contributed by atoms with E-state index in [-0.39, 0.29) is 41.9 Å². The number of amides is 2. The van der Waals surface area contributed by atoms with E-state index in [2.05, 4.69) is 21.3 Å². The number of carbonyl (C=O) groups excluding carboxylic acids is 1. The molecule has 1 aromatic carbocycles. The van der Waals surface area contributed by atoms with E-state index < -0.39 is 24.0 Å². The molecule has 3 heterocycles. The maximum Gasteiger partial charge on any atom is 0.421 e. The molecule has 5 rings (SSSR count). The van der Waals surface area contributed by atoms with Gasteiger partial charge in [0.15, 0.2) is 11.8 Å². The van der Waals surface area contributed by atoms with Gasteiger partial charge in [0, 0.05) is 30.5 Å². The lowest BCUT2D eigenvalue weighted by Crippen LogP contribution is -2.62. The second kappa shape index (κ2) is 11.2. The van der Waals surface area contributed by atoms with Crippen molar-refractivity contribution in [3.63, 3.8) is 0 Å². The number of nitrogens with one attached hydrogen (secondary N) is 4. The molecular weight excluding hydrogens is 509 g/mol. The van der Waals surface area contributed by atoms with Crippen molar-refractivity contribution < 1.29 is 27.4 Å². The highest BCUT2D eigenvalue weighted by Gasteiger charge is 2.62. The maximum absolute atomic E-state index is 14.0. The fourth-order valence-corrected chi connectivity index (χ4v) is 6.45. The number of alkyl halides is 4. The van der Waals surface area contributed by atoms with E-state index in [4.69, 9.17) is 21.1 Å². The summed E-state index contributed by atoms with van der Waals surface area (Å²) in [6.07, 6.45) is 1.39. The van der Waals surface area contributed by atoms with Crippen molar-refractivity contribution in [2.45, 2.75) is 87.0 Å². The van der Waals surface area contributed by atoms with Gasteiger partial charge in [-0.3, -0.25) is 10.6 Å². The largest absolute Gasteiger partial charge is 0.473 e. The van der Waals surface area contributed by atoms with Crippen LogP contribution in [0.5, 0.6) is 5.75 Å². The van der Waals surface area contributed by atoms with Gasteiger partial charge in [-0.05, 0) is 37.2 Å². The second-order valence-corrected chi connectivity index (χ2v) is 11.4. The van der Waals surface area contributed by atoms with Crippen molar-refractivity contribution in [1.82, 2.24) is 21.3 Å². The Kier molecular flexibility index (Phi) is 8.10. The van der Waals surface area contributed by atoms with Crippen LogP contribution >= 0.6 is 11.6 Å². The first-order valence-corrected chi connectivity index (χ1v) is 13.8. The van der Waals surface area contributed by atoms with Crippen LogP contribution in [-0.4, -0.2) is 55.7 Å². The predicted molar refractivity (Wildman–Crippen MR) is 133 cm³/mol. The molecule has 3 aliphatic heterocycles. The van der Waals surface area contributed by atoms with E-state index in [9.17, 15) is 18.0 Å². The van der Waals surface area contributed by atoms with E-state index in [1.165, 1.54) is 18.9 Å². The third-order valence-corrected chi connectivity index (χ3v) is 8.76. The third-order valence-electron chi connectivity index (χ3n) is 8.38. The molecule has 0 bridgehead atoms. The number of rotatable bonds is 6. The summed E-state index contributed by atoms with van der Waals surface area (Å²) in [6, 6.07) is 5.43. The lowest BCUT2D eigenvalue weighted by molar-refractivity contribution is -0.334. The van der Waals surface area contributed by atoms with Gasteiger partial charge in [0.05, 0.1) is 18.8 Å². The maximum atomic E-state index is 14.0. The first kappa shape index (κ1) is 26.8. The number of benzene rings is 1. The molecule has 0 radical (unpaired) electrons. The van der Waals surface area contributed by atoms with E-state index >= 15 is 0 Å². The summed E-state index contributed by atoms with van der Waals surface area (Å²) in [5.41, 5.74) is -2.39. The summed E-state index contributed by atoms with van der Waals surface area (Å²) in [5, 5.41) is 12.7. The minimum Gasteiger partial charge on any atom is -0.473 e. The molecule has 1 aromatic rings. The van der Waals surface area contributed by atoms with Gasteiger partial charge in [-0.25, -0.2) is 4.79 Å². The van der Waals surface area contributed by atoms with Crippen LogP contribution in [0, 0.1) is 11.8 Å². The lowest BCUT2D eigenvalue weighted by Gasteiger charge is -2.45. The number of halogens is 4. The molecule has 1 aliphatic carbocycles. The average molecular weight is 545 g/mol. The van der Waals surface area contributed by atoms with Gasteiger partial charge in [0.1, 0.15) is 5.75 Å². The second-order valence-electron chi connectivity index (χ2n) is 10.8. The molecule has 0 spiro atoms. The van der Waals surface area contributed by atoms with Crippen LogP contribution < -0.4 is 26.0 Å². The number of ether oxygens (including phenoxy) is 2. The van der Waals surface area contributed by atoms with Crippen LogP contribution in [0.15, 0.2) is 24.3 Å². The Morgan fingerprint density at radius 3 is 2.46 bits per heavy atom. The highest BCUT2D eigenvalue weighted by atomic mass is 35.5. The molecule has 4 aliphatic rings. The van der Waals surface area contributed by atoms with Crippen LogP contribution in [0.4, 0.5) is 18.0 Å². The fraction of sp³-hybridized carbons (Fsp3) is 0.731. The zero-order valence-corrected chi connectivity index (χ0v) is 21.5. The summed E-state index contributed by atoms with van der Waals surface area (Å²) < 4.78 is 53.5. The van der Waals surface area contributed by atoms with E-state index in [1.807, 2.05) is 0 Å². The topological polar surface area (TPSA) is 83.7 Å². The lowest BCUT2D eigenvalue weighted by atomic mass is 9.82. The Balaban J connectivity index is 1.32. The Hall–Kier alpha value is -1.75. The predicted octanol–water partition coefficient (Wildman–Crippen LogP) is 4.35. The number of para-hydroxylation sites is 1. The van der Waals surface area contributed by atoms with Crippen molar-refractivity contribution in [1.29, 1.82) is 0 Å². The molecule has 0 aromatic heterocycles. The van der Waals surface area contributed by atoms with Crippen molar-refractivity contribution in [3.05, 3.63) is 29.8 Å². The quantitative estimate of drug-likeness (QED) is 0.400. The molecule has 6 unspecified atom stereocenters.